The molecule has 7 nitrogen and oxygen atoms in total. The van der Waals surface area contributed by atoms with E-state index in [2.05, 4.69) is 28.0 Å². The van der Waals surface area contributed by atoms with E-state index in [-0.39, 0.29) is 12.1 Å². The number of hydrogen-bond donors (Lipinski definition) is 2. The number of thiocarbonyl (C=S) groups is 1. The monoisotopic (exact) mass is 387 g/mol. The smallest absolute Gasteiger partial charge is 0.409 e. The number of fused-ring (bicyclic) bond motifs is 1. The minimum absolute atomic E-state index is 0.00613. The third kappa shape index (κ3) is 4.84. The van der Waals surface area contributed by atoms with E-state index in [1.165, 1.54) is 0 Å². The molecule has 1 unspecified atom stereocenters. The first kappa shape index (κ1) is 19.3. The second kappa shape index (κ2) is 8.96. The summed E-state index contributed by atoms with van der Waals surface area (Å²) >= 11 is 5.47. The van der Waals surface area contributed by atoms with Crippen LogP contribution in [0.3, 0.4) is 0 Å². The number of carbonyl (C=O) groups excluding carboxylic acids is 1. The van der Waals surface area contributed by atoms with E-state index in [0.717, 1.165) is 16.5 Å². The molecule has 2 heterocycles. The van der Waals surface area contributed by atoms with Crippen molar-refractivity contribution < 1.29 is 9.53 Å². The molecule has 1 saturated heterocycles. The molecule has 0 bridgehead atoms. The van der Waals surface area contributed by atoms with E-state index in [4.69, 9.17) is 17.0 Å². The van der Waals surface area contributed by atoms with E-state index in [1.54, 1.807) is 4.90 Å². The van der Waals surface area contributed by atoms with Gasteiger partial charge in [0.15, 0.2) is 5.11 Å². The topological polar surface area (TPSA) is 69.7 Å². The minimum Gasteiger partial charge on any atom is -0.450 e. The number of rotatable bonds is 4. The maximum atomic E-state index is 11.8. The second-order valence-electron chi connectivity index (χ2n) is 6.43. The quantitative estimate of drug-likeness (QED) is 0.617. The standard InChI is InChI=1S/C19H25N5O2S/c1-3-26-19(25)24-10-8-23(9-11-24)18(27)22-21-14(2)17-12-15-6-4-5-7-16(15)13-20-17/h4-7,12-14,21H,3,8-11H2,1-2H3,(H,22,27). The lowest BCUT2D eigenvalue weighted by molar-refractivity contribution is 0.0917. The number of ether oxygens (including phenoxy) is 1. The van der Waals surface area contributed by atoms with Crippen molar-refractivity contribution in [2.45, 2.75) is 19.9 Å². The van der Waals surface area contributed by atoms with Crippen LogP contribution in [-0.2, 0) is 4.74 Å². The number of nitrogens with one attached hydrogen (secondary N) is 2. The molecule has 0 spiro atoms. The Morgan fingerprint density at radius 2 is 1.89 bits per heavy atom. The number of hydrazine groups is 1. The average Bonchev–Trinajstić information content (AvgIpc) is 2.71. The molecule has 1 amide bonds. The number of hydrogen-bond acceptors (Lipinski definition) is 5. The van der Waals surface area contributed by atoms with Gasteiger partial charge in [-0.25, -0.2) is 10.2 Å². The Morgan fingerprint density at radius 1 is 1.22 bits per heavy atom. The lowest BCUT2D eigenvalue weighted by Gasteiger charge is -2.35. The fourth-order valence-electron chi connectivity index (χ4n) is 2.97. The zero-order valence-corrected chi connectivity index (χ0v) is 16.5. The highest BCUT2D eigenvalue weighted by molar-refractivity contribution is 7.80. The predicted octanol–water partition coefficient (Wildman–Crippen LogP) is 2.45. The van der Waals surface area contributed by atoms with E-state index < -0.39 is 0 Å². The fourth-order valence-corrected chi connectivity index (χ4v) is 3.21. The lowest BCUT2D eigenvalue weighted by atomic mass is 10.1. The van der Waals surface area contributed by atoms with E-state index in [0.29, 0.717) is 37.9 Å². The number of amides is 1. The van der Waals surface area contributed by atoms with Crippen LogP contribution in [0.2, 0.25) is 0 Å². The lowest BCUT2D eigenvalue weighted by Crippen LogP contribution is -2.55. The first-order chi connectivity index (χ1) is 13.1. The SMILES string of the molecule is CCOC(=O)N1CCN(C(=S)NNC(C)c2cc3ccccc3cn2)CC1. The Kier molecular flexibility index (Phi) is 6.41. The first-order valence-corrected chi connectivity index (χ1v) is 9.56. The predicted molar refractivity (Wildman–Crippen MR) is 109 cm³/mol. The van der Waals surface area contributed by atoms with Gasteiger partial charge in [0.05, 0.1) is 18.3 Å². The van der Waals surface area contributed by atoms with Crippen molar-refractivity contribution in [3.8, 4) is 0 Å². The number of piperazine rings is 1. The van der Waals surface area contributed by atoms with Gasteiger partial charge in [-0.2, -0.15) is 0 Å². The van der Waals surface area contributed by atoms with Crippen LogP contribution in [0.5, 0.6) is 0 Å². The molecule has 0 aliphatic carbocycles. The van der Waals surface area contributed by atoms with Crippen molar-refractivity contribution in [2.24, 2.45) is 0 Å². The first-order valence-electron chi connectivity index (χ1n) is 9.15. The Labute approximate surface area is 164 Å². The summed E-state index contributed by atoms with van der Waals surface area (Å²) < 4.78 is 5.04. The molecule has 8 heteroatoms. The highest BCUT2D eigenvalue weighted by atomic mass is 32.1. The summed E-state index contributed by atoms with van der Waals surface area (Å²) in [7, 11) is 0. The van der Waals surface area contributed by atoms with Gasteiger partial charge in [0, 0.05) is 37.8 Å². The van der Waals surface area contributed by atoms with Gasteiger partial charge in [-0.3, -0.25) is 10.4 Å². The molecule has 3 rings (SSSR count). The summed E-state index contributed by atoms with van der Waals surface area (Å²) in [6.07, 6.45) is 1.63. The van der Waals surface area contributed by atoms with Crippen molar-refractivity contribution in [3.63, 3.8) is 0 Å². The van der Waals surface area contributed by atoms with Crippen molar-refractivity contribution >= 4 is 34.2 Å². The van der Waals surface area contributed by atoms with Gasteiger partial charge in [0.1, 0.15) is 0 Å². The average molecular weight is 388 g/mol. The number of benzene rings is 1. The number of carbonyl (C=O) groups is 1. The molecule has 144 valence electrons. The molecule has 0 radical (unpaired) electrons. The Hall–Kier alpha value is -2.45. The van der Waals surface area contributed by atoms with E-state index in [1.807, 2.05) is 43.1 Å². The maximum absolute atomic E-state index is 11.8. The molecular weight excluding hydrogens is 362 g/mol. The van der Waals surface area contributed by atoms with Crippen LogP contribution in [0, 0.1) is 0 Å². The summed E-state index contributed by atoms with van der Waals surface area (Å²) in [4.78, 5) is 20.0. The Balaban J connectivity index is 1.49. The molecule has 1 aromatic carbocycles. The second-order valence-corrected chi connectivity index (χ2v) is 6.81. The van der Waals surface area contributed by atoms with Gasteiger partial charge in [-0.1, -0.05) is 24.3 Å². The van der Waals surface area contributed by atoms with Crippen LogP contribution in [0.15, 0.2) is 36.5 Å². The zero-order chi connectivity index (χ0) is 19.2. The fraction of sp³-hybridized carbons (Fsp3) is 0.421. The van der Waals surface area contributed by atoms with Crippen LogP contribution in [0.4, 0.5) is 4.79 Å². The molecule has 0 saturated carbocycles. The molecule has 1 aliphatic rings. The van der Waals surface area contributed by atoms with Crippen LogP contribution >= 0.6 is 12.2 Å². The van der Waals surface area contributed by atoms with Crippen molar-refractivity contribution in [3.05, 3.63) is 42.2 Å². The Bertz CT molecular complexity index is 808. The summed E-state index contributed by atoms with van der Waals surface area (Å²) in [6, 6.07) is 10.2. The van der Waals surface area contributed by atoms with Gasteiger partial charge in [-0.15, -0.1) is 0 Å². The zero-order valence-electron chi connectivity index (χ0n) is 15.6. The van der Waals surface area contributed by atoms with Crippen LogP contribution < -0.4 is 10.9 Å². The minimum atomic E-state index is -0.259. The number of pyridine rings is 1. The molecule has 2 N–H and O–H groups in total. The summed E-state index contributed by atoms with van der Waals surface area (Å²) in [5, 5.41) is 2.90. The van der Waals surface area contributed by atoms with Crippen LogP contribution in [-0.4, -0.2) is 58.8 Å². The van der Waals surface area contributed by atoms with Crippen molar-refractivity contribution in [1.82, 2.24) is 25.6 Å². The third-order valence-corrected chi connectivity index (χ3v) is 4.94. The molecule has 2 aromatic rings. The number of aromatic nitrogens is 1. The molecule has 27 heavy (non-hydrogen) atoms. The molecule has 1 atom stereocenters. The Morgan fingerprint density at radius 3 is 2.59 bits per heavy atom. The third-order valence-electron chi connectivity index (χ3n) is 4.58. The molecular formula is C19H25N5O2S. The van der Waals surface area contributed by atoms with Crippen molar-refractivity contribution in [2.75, 3.05) is 32.8 Å². The van der Waals surface area contributed by atoms with E-state index >= 15 is 0 Å². The van der Waals surface area contributed by atoms with Gasteiger partial charge < -0.3 is 14.5 Å². The largest absolute Gasteiger partial charge is 0.450 e. The maximum Gasteiger partial charge on any atom is 0.409 e. The number of nitrogens with zero attached hydrogens (tertiary/aromatic N) is 3. The highest BCUT2D eigenvalue weighted by Gasteiger charge is 2.23. The molecule has 1 fully saturated rings. The summed E-state index contributed by atoms with van der Waals surface area (Å²) in [6.45, 7) is 6.79. The van der Waals surface area contributed by atoms with Gasteiger partial charge in [0.25, 0.3) is 0 Å². The van der Waals surface area contributed by atoms with Gasteiger partial charge in [0.2, 0.25) is 0 Å². The van der Waals surface area contributed by atoms with Gasteiger partial charge >= 0.3 is 6.09 Å². The van der Waals surface area contributed by atoms with Crippen LogP contribution in [0.25, 0.3) is 10.8 Å². The normalized spacial score (nSPS) is 15.5. The van der Waals surface area contributed by atoms with Gasteiger partial charge in [-0.05, 0) is 37.5 Å². The van der Waals surface area contributed by atoms with Crippen molar-refractivity contribution in [1.29, 1.82) is 0 Å². The summed E-state index contributed by atoms with van der Waals surface area (Å²) in [5.41, 5.74) is 7.26. The highest BCUT2D eigenvalue weighted by Crippen LogP contribution is 2.17. The molecule has 1 aromatic heterocycles. The van der Waals surface area contributed by atoms with Crippen LogP contribution in [0.1, 0.15) is 25.6 Å². The molecule has 1 aliphatic heterocycles. The summed E-state index contributed by atoms with van der Waals surface area (Å²) in [5.74, 6) is 0. The van der Waals surface area contributed by atoms with E-state index in [9.17, 15) is 4.79 Å².